The van der Waals surface area contributed by atoms with Gasteiger partial charge in [-0.15, -0.1) is 0 Å². The summed E-state index contributed by atoms with van der Waals surface area (Å²) in [4.78, 5) is 0. The Hall–Kier alpha value is -1.03. The van der Waals surface area contributed by atoms with Crippen LogP contribution in [-0.4, -0.2) is 6.54 Å². The molecule has 0 spiro atoms. The number of aryl methyl sites for hydroxylation is 1. The van der Waals surface area contributed by atoms with Crippen molar-refractivity contribution in [3.8, 4) is 0 Å². The van der Waals surface area contributed by atoms with Crippen LogP contribution < -0.4 is 5.73 Å². The molecule has 0 radical (unpaired) electrons. The van der Waals surface area contributed by atoms with Crippen LogP contribution >= 0.6 is 0 Å². The number of rotatable bonds is 3. The molecular formula is C9H10F3N. The molecule has 72 valence electrons. The van der Waals surface area contributed by atoms with E-state index >= 15 is 0 Å². The van der Waals surface area contributed by atoms with Gasteiger partial charge in [-0.1, -0.05) is 0 Å². The molecule has 0 fully saturated rings. The topological polar surface area (TPSA) is 26.0 Å². The van der Waals surface area contributed by atoms with E-state index in [9.17, 15) is 13.2 Å². The van der Waals surface area contributed by atoms with Crippen molar-refractivity contribution in [1.82, 2.24) is 0 Å². The van der Waals surface area contributed by atoms with E-state index in [1.165, 1.54) is 0 Å². The molecule has 1 nitrogen and oxygen atoms in total. The van der Waals surface area contributed by atoms with Gasteiger partial charge in [-0.25, -0.2) is 13.2 Å². The minimum atomic E-state index is -1.15. The van der Waals surface area contributed by atoms with Crippen LogP contribution in [0.3, 0.4) is 0 Å². The number of hydrogen-bond donors (Lipinski definition) is 1. The Morgan fingerprint density at radius 3 is 2.46 bits per heavy atom. The van der Waals surface area contributed by atoms with E-state index < -0.39 is 17.5 Å². The second-order valence-electron chi connectivity index (χ2n) is 2.75. The van der Waals surface area contributed by atoms with E-state index in [-0.39, 0.29) is 12.0 Å². The second-order valence-corrected chi connectivity index (χ2v) is 2.75. The molecule has 4 heteroatoms. The Balaban J connectivity index is 2.92. The SMILES string of the molecule is NCCCc1cc(F)cc(F)c1F. The minimum Gasteiger partial charge on any atom is -0.330 e. The minimum absolute atomic E-state index is 0.0444. The average Bonchev–Trinajstić information content (AvgIpc) is 2.09. The van der Waals surface area contributed by atoms with Gasteiger partial charge in [0, 0.05) is 6.07 Å². The maximum atomic E-state index is 12.9. The predicted molar refractivity (Wildman–Crippen MR) is 43.7 cm³/mol. The zero-order valence-corrected chi connectivity index (χ0v) is 6.99. The highest BCUT2D eigenvalue weighted by atomic mass is 19.2. The van der Waals surface area contributed by atoms with Crippen molar-refractivity contribution in [2.45, 2.75) is 12.8 Å². The van der Waals surface area contributed by atoms with E-state index in [1.54, 1.807) is 0 Å². The Bertz CT molecular complexity index is 299. The van der Waals surface area contributed by atoms with Gasteiger partial charge in [-0.3, -0.25) is 0 Å². The lowest BCUT2D eigenvalue weighted by molar-refractivity contribution is 0.483. The largest absolute Gasteiger partial charge is 0.330 e. The highest BCUT2D eigenvalue weighted by Gasteiger charge is 2.09. The van der Waals surface area contributed by atoms with Crippen LogP contribution in [0, 0.1) is 17.5 Å². The lowest BCUT2D eigenvalue weighted by Gasteiger charge is -2.02. The fraction of sp³-hybridized carbons (Fsp3) is 0.333. The van der Waals surface area contributed by atoms with Crippen LogP contribution in [0.15, 0.2) is 12.1 Å². The van der Waals surface area contributed by atoms with Gasteiger partial charge < -0.3 is 5.73 Å². The van der Waals surface area contributed by atoms with E-state index in [0.717, 1.165) is 6.07 Å². The maximum Gasteiger partial charge on any atom is 0.162 e. The van der Waals surface area contributed by atoms with Crippen LogP contribution in [0.5, 0.6) is 0 Å². The molecule has 0 unspecified atom stereocenters. The molecular weight excluding hydrogens is 179 g/mol. The van der Waals surface area contributed by atoms with Crippen LogP contribution in [-0.2, 0) is 6.42 Å². The van der Waals surface area contributed by atoms with Crippen molar-refractivity contribution in [2.75, 3.05) is 6.54 Å². The molecule has 0 aliphatic carbocycles. The molecule has 0 saturated heterocycles. The van der Waals surface area contributed by atoms with E-state index in [4.69, 9.17) is 5.73 Å². The maximum absolute atomic E-state index is 12.9. The van der Waals surface area contributed by atoms with Gasteiger partial charge in [0.25, 0.3) is 0 Å². The summed E-state index contributed by atoms with van der Waals surface area (Å²) in [6.07, 6.45) is 0.775. The zero-order valence-electron chi connectivity index (χ0n) is 6.99. The monoisotopic (exact) mass is 189 g/mol. The molecule has 1 rings (SSSR count). The highest BCUT2D eigenvalue weighted by Crippen LogP contribution is 2.15. The fourth-order valence-electron chi connectivity index (χ4n) is 1.08. The standard InChI is InChI=1S/C9H10F3N/c10-7-4-6(2-1-3-13)9(12)8(11)5-7/h4-5H,1-3,13H2. The molecule has 0 heterocycles. The summed E-state index contributed by atoms with van der Waals surface area (Å²) in [6.45, 7) is 0.373. The molecule has 0 atom stereocenters. The Morgan fingerprint density at radius 2 is 1.85 bits per heavy atom. The van der Waals surface area contributed by atoms with Gasteiger partial charge in [0.2, 0.25) is 0 Å². The van der Waals surface area contributed by atoms with Gasteiger partial charge in [0.1, 0.15) is 5.82 Å². The third kappa shape index (κ3) is 2.45. The second kappa shape index (κ2) is 4.28. The molecule has 1 aromatic rings. The van der Waals surface area contributed by atoms with Gasteiger partial charge in [-0.05, 0) is 31.0 Å². The first-order chi connectivity index (χ1) is 6.15. The van der Waals surface area contributed by atoms with Gasteiger partial charge >= 0.3 is 0 Å². The highest BCUT2D eigenvalue weighted by molar-refractivity contribution is 5.20. The van der Waals surface area contributed by atoms with Crippen molar-refractivity contribution in [2.24, 2.45) is 5.73 Å². The van der Waals surface area contributed by atoms with Crippen LogP contribution in [0.2, 0.25) is 0 Å². The van der Waals surface area contributed by atoms with Crippen LogP contribution in [0.25, 0.3) is 0 Å². The fourth-order valence-corrected chi connectivity index (χ4v) is 1.08. The first-order valence-corrected chi connectivity index (χ1v) is 3.98. The third-order valence-corrected chi connectivity index (χ3v) is 1.72. The third-order valence-electron chi connectivity index (χ3n) is 1.72. The molecule has 0 aliphatic heterocycles. The average molecular weight is 189 g/mol. The zero-order chi connectivity index (χ0) is 9.84. The summed E-state index contributed by atoms with van der Waals surface area (Å²) in [5.41, 5.74) is 5.24. The lowest BCUT2D eigenvalue weighted by Crippen LogP contribution is -2.03. The van der Waals surface area contributed by atoms with Gasteiger partial charge in [0.05, 0.1) is 0 Å². The molecule has 0 aliphatic rings. The van der Waals surface area contributed by atoms with E-state index in [2.05, 4.69) is 0 Å². The number of halogens is 3. The molecule has 0 bridgehead atoms. The molecule has 0 amide bonds. The normalized spacial score (nSPS) is 10.5. The lowest BCUT2D eigenvalue weighted by atomic mass is 10.1. The summed E-state index contributed by atoms with van der Waals surface area (Å²) in [6, 6.07) is 1.52. The number of benzene rings is 1. The number of nitrogens with two attached hydrogens (primary N) is 1. The molecule has 0 aromatic heterocycles. The summed E-state index contributed by atoms with van der Waals surface area (Å²) >= 11 is 0. The van der Waals surface area contributed by atoms with E-state index in [1.807, 2.05) is 0 Å². The van der Waals surface area contributed by atoms with Crippen molar-refractivity contribution >= 4 is 0 Å². The Labute approximate surface area is 74.4 Å². The van der Waals surface area contributed by atoms with Gasteiger partial charge in [-0.2, -0.15) is 0 Å². The summed E-state index contributed by atoms with van der Waals surface area (Å²) in [5, 5.41) is 0. The van der Waals surface area contributed by atoms with E-state index in [0.29, 0.717) is 19.0 Å². The molecule has 13 heavy (non-hydrogen) atoms. The summed E-state index contributed by atoms with van der Waals surface area (Å²) in [5.74, 6) is -2.88. The molecule has 1 aromatic carbocycles. The Kier molecular flexibility index (Phi) is 3.31. The Morgan fingerprint density at radius 1 is 1.15 bits per heavy atom. The van der Waals surface area contributed by atoms with Crippen molar-refractivity contribution < 1.29 is 13.2 Å². The smallest absolute Gasteiger partial charge is 0.162 e. The molecule has 2 N–H and O–H groups in total. The number of hydrogen-bond acceptors (Lipinski definition) is 1. The van der Waals surface area contributed by atoms with Gasteiger partial charge in [0.15, 0.2) is 11.6 Å². The first-order valence-electron chi connectivity index (χ1n) is 3.98. The summed E-state index contributed by atoms with van der Waals surface area (Å²) in [7, 11) is 0. The quantitative estimate of drug-likeness (QED) is 0.723. The first kappa shape index (κ1) is 10.1. The van der Waals surface area contributed by atoms with Crippen molar-refractivity contribution in [1.29, 1.82) is 0 Å². The van der Waals surface area contributed by atoms with Crippen molar-refractivity contribution in [3.63, 3.8) is 0 Å². The summed E-state index contributed by atoms with van der Waals surface area (Å²) < 4.78 is 38.1. The van der Waals surface area contributed by atoms with Crippen molar-refractivity contribution in [3.05, 3.63) is 35.1 Å². The van der Waals surface area contributed by atoms with Crippen LogP contribution in [0.4, 0.5) is 13.2 Å². The van der Waals surface area contributed by atoms with Crippen LogP contribution in [0.1, 0.15) is 12.0 Å². The predicted octanol–water partition coefficient (Wildman–Crippen LogP) is 2.00. The molecule has 0 saturated carbocycles.